The van der Waals surface area contributed by atoms with E-state index < -0.39 is 0 Å². The molecule has 0 radical (unpaired) electrons. The molecule has 32 heavy (non-hydrogen) atoms. The molecule has 0 N–H and O–H groups in total. The van der Waals surface area contributed by atoms with Crippen molar-refractivity contribution in [2.45, 2.75) is 26.7 Å². The monoisotopic (exact) mass is 440 g/mol. The van der Waals surface area contributed by atoms with Crippen molar-refractivity contribution in [3.05, 3.63) is 59.7 Å². The third kappa shape index (κ3) is 8.68. The number of benzene rings is 2. The number of hydrogen-bond acceptors (Lipinski definition) is 2. The first-order chi connectivity index (χ1) is 15.0. The van der Waals surface area contributed by atoms with Gasteiger partial charge in [0.25, 0.3) is 0 Å². The lowest BCUT2D eigenvalue weighted by Gasteiger charge is -2.23. The summed E-state index contributed by atoms with van der Waals surface area (Å²) in [5.41, 5.74) is 5.33. The maximum absolute atomic E-state index is 5.94. The molecule has 0 saturated carbocycles. The number of ether oxygens (including phenoxy) is 2. The van der Waals surface area contributed by atoms with Gasteiger partial charge < -0.3 is 18.4 Å². The number of nitrogens with zero attached hydrogens (tertiary/aromatic N) is 2. The van der Waals surface area contributed by atoms with Crippen LogP contribution in [-0.2, 0) is 0 Å². The number of allylic oxidation sites excluding steroid dienone is 2. The van der Waals surface area contributed by atoms with Gasteiger partial charge in [0, 0.05) is 0 Å². The Morgan fingerprint density at radius 1 is 0.562 bits per heavy atom. The van der Waals surface area contributed by atoms with Gasteiger partial charge in [-0.2, -0.15) is 0 Å². The van der Waals surface area contributed by atoms with E-state index in [0.29, 0.717) is 0 Å². The number of rotatable bonds is 12. The van der Waals surface area contributed by atoms with Gasteiger partial charge in [-0.05, 0) is 59.4 Å². The molecule has 176 valence electrons. The fourth-order valence-corrected chi connectivity index (χ4v) is 3.56. The number of likely N-dealkylation sites (N-methyl/N-ethyl adjacent to an activating group) is 2. The zero-order valence-electron chi connectivity index (χ0n) is 21.6. The molecule has 0 saturated heterocycles. The molecule has 0 spiro atoms. The highest BCUT2D eigenvalue weighted by molar-refractivity contribution is 5.90. The Balaban J connectivity index is 2.13. The second-order valence-corrected chi connectivity index (χ2v) is 10.4. The van der Waals surface area contributed by atoms with Crippen LogP contribution in [0.15, 0.2) is 48.5 Å². The van der Waals surface area contributed by atoms with Crippen LogP contribution < -0.4 is 9.47 Å². The Bertz CT molecular complexity index is 781. The van der Waals surface area contributed by atoms with Gasteiger partial charge in [0.05, 0.1) is 42.3 Å². The normalized spacial score (nSPS) is 13.0. The molecule has 0 heterocycles. The fraction of sp³-hybridized carbons (Fsp3) is 0.500. The van der Waals surface area contributed by atoms with Gasteiger partial charge in [0.15, 0.2) is 0 Å². The fourth-order valence-electron chi connectivity index (χ4n) is 3.56. The molecule has 0 bridgehead atoms. The second kappa shape index (κ2) is 11.5. The average Bonchev–Trinajstić information content (AvgIpc) is 2.71. The van der Waals surface area contributed by atoms with E-state index in [2.05, 4.69) is 105 Å². The average molecular weight is 441 g/mol. The Hall–Kier alpha value is -2.30. The zero-order valence-corrected chi connectivity index (χ0v) is 21.6. The lowest BCUT2D eigenvalue weighted by Crippen LogP contribution is -2.38. The Morgan fingerprint density at radius 2 is 0.875 bits per heavy atom. The van der Waals surface area contributed by atoms with E-state index in [0.717, 1.165) is 59.6 Å². The number of hydrogen-bond donors (Lipinski definition) is 0. The van der Waals surface area contributed by atoms with Crippen molar-refractivity contribution >= 4 is 11.1 Å². The van der Waals surface area contributed by atoms with E-state index in [-0.39, 0.29) is 0 Å². The highest BCUT2D eigenvalue weighted by Crippen LogP contribution is 2.33. The lowest BCUT2D eigenvalue weighted by atomic mass is 9.91. The van der Waals surface area contributed by atoms with Crippen molar-refractivity contribution in [2.75, 3.05) is 68.6 Å². The number of quaternary nitrogens is 2. The largest absolute Gasteiger partial charge is 0.488 e. The first-order valence-corrected chi connectivity index (χ1v) is 11.8. The van der Waals surface area contributed by atoms with Crippen LogP contribution in [0.5, 0.6) is 11.5 Å². The molecule has 2 aromatic rings. The summed E-state index contributed by atoms with van der Waals surface area (Å²) in [5.74, 6) is 1.87. The molecule has 0 atom stereocenters. The molecule has 0 aliphatic heterocycles. The van der Waals surface area contributed by atoms with Gasteiger partial charge in [-0.15, -0.1) is 0 Å². The minimum absolute atomic E-state index is 0.725. The van der Waals surface area contributed by atoms with Crippen LogP contribution in [0, 0.1) is 0 Å². The van der Waals surface area contributed by atoms with Crippen molar-refractivity contribution in [1.82, 2.24) is 0 Å². The van der Waals surface area contributed by atoms with Crippen LogP contribution >= 0.6 is 0 Å². The highest BCUT2D eigenvalue weighted by Gasteiger charge is 2.11. The van der Waals surface area contributed by atoms with E-state index >= 15 is 0 Å². The van der Waals surface area contributed by atoms with Gasteiger partial charge in [0.1, 0.15) is 37.8 Å². The maximum Gasteiger partial charge on any atom is 0.137 e. The summed E-state index contributed by atoms with van der Waals surface area (Å²) in [6.45, 7) is 7.89. The van der Waals surface area contributed by atoms with Gasteiger partial charge in [0.2, 0.25) is 0 Å². The van der Waals surface area contributed by atoms with E-state index in [1.807, 2.05) is 0 Å². The molecule has 0 aromatic heterocycles. The molecule has 4 nitrogen and oxygen atoms in total. The second-order valence-electron chi connectivity index (χ2n) is 10.4. The van der Waals surface area contributed by atoms with Crippen molar-refractivity contribution in [3.8, 4) is 11.5 Å². The van der Waals surface area contributed by atoms with Gasteiger partial charge >= 0.3 is 0 Å². The topological polar surface area (TPSA) is 18.5 Å². The van der Waals surface area contributed by atoms with Crippen LogP contribution in [0.25, 0.3) is 11.1 Å². The molecule has 0 fully saturated rings. The molecule has 4 heteroatoms. The first kappa shape index (κ1) is 26.0. The summed E-state index contributed by atoms with van der Waals surface area (Å²) < 4.78 is 13.7. The molecular weight excluding hydrogens is 396 g/mol. The quantitative estimate of drug-likeness (QED) is 0.316. The van der Waals surface area contributed by atoms with Crippen molar-refractivity contribution in [3.63, 3.8) is 0 Å². The summed E-state index contributed by atoms with van der Waals surface area (Å²) in [5, 5.41) is 0. The van der Waals surface area contributed by atoms with Crippen LogP contribution in [0.1, 0.15) is 37.8 Å². The van der Waals surface area contributed by atoms with E-state index in [9.17, 15) is 0 Å². The molecule has 0 aliphatic rings. The van der Waals surface area contributed by atoms with E-state index in [1.54, 1.807) is 0 Å². The van der Waals surface area contributed by atoms with Gasteiger partial charge in [-0.3, -0.25) is 0 Å². The standard InChI is InChI=1S/C28H44N2O2/c1-9-27(23-11-15-25(16-12-23)31-21-19-29(3,4)5)28(10-2)24-13-17-26(18-14-24)32-22-20-30(6,7)8/h11-18H,9-10,19-22H2,1-8H3/q+2/b28-27+. The third-order valence-corrected chi connectivity index (χ3v) is 5.54. The molecule has 0 amide bonds. The Kier molecular flexibility index (Phi) is 9.35. The summed E-state index contributed by atoms with van der Waals surface area (Å²) in [4.78, 5) is 0. The molecule has 0 unspecified atom stereocenters. The predicted molar refractivity (Wildman–Crippen MR) is 137 cm³/mol. The van der Waals surface area contributed by atoms with Gasteiger partial charge in [-0.25, -0.2) is 0 Å². The predicted octanol–water partition coefficient (Wildman–Crippen LogP) is 5.59. The molecule has 0 aliphatic carbocycles. The smallest absolute Gasteiger partial charge is 0.137 e. The van der Waals surface area contributed by atoms with Gasteiger partial charge in [-0.1, -0.05) is 38.1 Å². The Labute approximate surface area is 196 Å². The van der Waals surface area contributed by atoms with Crippen molar-refractivity contribution in [2.24, 2.45) is 0 Å². The van der Waals surface area contributed by atoms with Crippen molar-refractivity contribution in [1.29, 1.82) is 0 Å². The van der Waals surface area contributed by atoms with Crippen LogP contribution in [-0.4, -0.2) is 77.6 Å². The van der Waals surface area contributed by atoms with Crippen LogP contribution in [0.3, 0.4) is 0 Å². The minimum Gasteiger partial charge on any atom is -0.488 e. The lowest BCUT2D eigenvalue weighted by molar-refractivity contribution is -0.870. The summed E-state index contributed by atoms with van der Waals surface area (Å²) >= 11 is 0. The summed E-state index contributed by atoms with van der Waals surface area (Å²) in [7, 11) is 13.1. The molecule has 2 rings (SSSR count). The first-order valence-electron chi connectivity index (χ1n) is 11.8. The maximum atomic E-state index is 5.94. The van der Waals surface area contributed by atoms with E-state index in [1.165, 1.54) is 22.3 Å². The van der Waals surface area contributed by atoms with E-state index in [4.69, 9.17) is 9.47 Å². The zero-order chi connectivity index (χ0) is 23.8. The molecular formula is C28H44N2O2+2. The van der Waals surface area contributed by atoms with Crippen LogP contribution in [0.2, 0.25) is 0 Å². The minimum atomic E-state index is 0.725. The summed E-state index contributed by atoms with van der Waals surface area (Å²) in [6, 6.07) is 17.2. The van der Waals surface area contributed by atoms with Crippen LogP contribution in [0.4, 0.5) is 0 Å². The SMILES string of the molecule is CC/C(=C(/CC)c1ccc(OCC[N+](C)(C)C)cc1)c1ccc(OCC[N+](C)(C)C)cc1. The molecule has 2 aromatic carbocycles. The third-order valence-electron chi connectivity index (χ3n) is 5.54. The summed E-state index contributed by atoms with van der Waals surface area (Å²) in [6.07, 6.45) is 1.99. The highest BCUT2D eigenvalue weighted by atomic mass is 16.5. The van der Waals surface area contributed by atoms with Crippen molar-refractivity contribution < 1.29 is 18.4 Å². The Morgan fingerprint density at radius 3 is 1.12 bits per heavy atom.